The maximum Gasteiger partial charge on any atom is 0.307 e. The maximum atomic E-state index is 13.1. The summed E-state index contributed by atoms with van der Waals surface area (Å²) in [5.74, 6) is -0.358. The standard InChI is InChI=1S/C14H18FNO2/c1-2-18-14(17)7-8-16-13-6-3-10-9-11(15)4-5-12(10)13/h4-5,9,13,16H,2-3,6-8H2,1H3. The Morgan fingerprint density at radius 3 is 3.17 bits per heavy atom. The van der Waals surface area contributed by atoms with Crippen LogP contribution in [-0.2, 0) is 16.0 Å². The molecular formula is C14H18FNO2. The monoisotopic (exact) mass is 251 g/mol. The lowest BCUT2D eigenvalue weighted by Gasteiger charge is -2.13. The molecule has 1 aliphatic carbocycles. The molecule has 1 aromatic carbocycles. The van der Waals surface area contributed by atoms with E-state index < -0.39 is 0 Å². The molecule has 0 aliphatic heterocycles. The van der Waals surface area contributed by atoms with Crippen LogP contribution in [0.3, 0.4) is 0 Å². The van der Waals surface area contributed by atoms with Crippen LogP contribution in [0.1, 0.15) is 36.9 Å². The number of esters is 1. The van der Waals surface area contributed by atoms with E-state index in [1.807, 2.05) is 6.07 Å². The molecule has 1 unspecified atom stereocenters. The largest absolute Gasteiger partial charge is 0.466 e. The third-order valence-corrected chi connectivity index (χ3v) is 3.21. The molecule has 1 aromatic rings. The van der Waals surface area contributed by atoms with Crippen molar-refractivity contribution in [3.8, 4) is 0 Å². The second-order valence-electron chi connectivity index (χ2n) is 4.44. The molecule has 0 aromatic heterocycles. The fourth-order valence-electron chi connectivity index (χ4n) is 2.38. The van der Waals surface area contributed by atoms with E-state index in [1.165, 1.54) is 6.07 Å². The molecular weight excluding hydrogens is 233 g/mol. The van der Waals surface area contributed by atoms with Gasteiger partial charge in [-0.2, -0.15) is 0 Å². The number of carbonyl (C=O) groups is 1. The Morgan fingerprint density at radius 2 is 2.39 bits per heavy atom. The third-order valence-electron chi connectivity index (χ3n) is 3.21. The van der Waals surface area contributed by atoms with Crippen molar-refractivity contribution in [1.29, 1.82) is 0 Å². The molecule has 98 valence electrons. The summed E-state index contributed by atoms with van der Waals surface area (Å²) in [4.78, 5) is 11.2. The summed E-state index contributed by atoms with van der Waals surface area (Å²) in [7, 11) is 0. The van der Waals surface area contributed by atoms with E-state index in [2.05, 4.69) is 5.32 Å². The van der Waals surface area contributed by atoms with Gasteiger partial charge in [0.05, 0.1) is 13.0 Å². The number of hydrogen-bond acceptors (Lipinski definition) is 3. The predicted molar refractivity (Wildman–Crippen MR) is 66.7 cm³/mol. The van der Waals surface area contributed by atoms with E-state index in [-0.39, 0.29) is 17.8 Å². The Hall–Kier alpha value is -1.42. The molecule has 1 aliphatic rings. The summed E-state index contributed by atoms with van der Waals surface area (Å²) in [6, 6.07) is 5.15. The Morgan fingerprint density at radius 1 is 1.56 bits per heavy atom. The van der Waals surface area contributed by atoms with E-state index in [9.17, 15) is 9.18 Å². The molecule has 0 fully saturated rings. The lowest BCUT2D eigenvalue weighted by atomic mass is 10.1. The quantitative estimate of drug-likeness (QED) is 0.816. The van der Waals surface area contributed by atoms with E-state index >= 15 is 0 Å². The highest BCUT2D eigenvalue weighted by Gasteiger charge is 2.22. The van der Waals surface area contributed by atoms with Crippen molar-refractivity contribution in [2.24, 2.45) is 0 Å². The molecule has 0 radical (unpaired) electrons. The van der Waals surface area contributed by atoms with Crippen molar-refractivity contribution < 1.29 is 13.9 Å². The van der Waals surface area contributed by atoms with Gasteiger partial charge in [-0.25, -0.2) is 4.39 Å². The van der Waals surface area contributed by atoms with Gasteiger partial charge in [0.25, 0.3) is 0 Å². The lowest BCUT2D eigenvalue weighted by molar-refractivity contribution is -0.143. The first-order valence-electron chi connectivity index (χ1n) is 6.38. The summed E-state index contributed by atoms with van der Waals surface area (Å²) in [5.41, 5.74) is 2.23. The minimum atomic E-state index is -0.180. The maximum absolute atomic E-state index is 13.1. The van der Waals surface area contributed by atoms with Crippen LogP contribution in [0, 0.1) is 5.82 Å². The van der Waals surface area contributed by atoms with Crippen LogP contribution in [0.4, 0.5) is 4.39 Å². The van der Waals surface area contributed by atoms with Crippen LogP contribution in [0.5, 0.6) is 0 Å². The van der Waals surface area contributed by atoms with Crippen molar-refractivity contribution in [1.82, 2.24) is 5.32 Å². The minimum Gasteiger partial charge on any atom is -0.466 e. The molecule has 0 spiro atoms. The lowest BCUT2D eigenvalue weighted by Crippen LogP contribution is -2.23. The Labute approximate surface area is 106 Å². The molecule has 0 amide bonds. The second kappa shape index (κ2) is 5.96. The van der Waals surface area contributed by atoms with Crippen molar-refractivity contribution >= 4 is 5.97 Å². The molecule has 0 bridgehead atoms. The van der Waals surface area contributed by atoms with Gasteiger partial charge in [0, 0.05) is 12.6 Å². The number of nitrogens with one attached hydrogen (secondary N) is 1. The van der Waals surface area contributed by atoms with Gasteiger partial charge in [-0.05, 0) is 43.0 Å². The van der Waals surface area contributed by atoms with Crippen LogP contribution in [0.2, 0.25) is 0 Å². The second-order valence-corrected chi connectivity index (χ2v) is 4.44. The van der Waals surface area contributed by atoms with Crippen molar-refractivity contribution in [2.45, 2.75) is 32.2 Å². The molecule has 4 heteroatoms. The van der Waals surface area contributed by atoms with E-state index in [4.69, 9.17) is 4.74 Å². The summed E-state index contributed by atoms with van der Waals surface area (Å²) in [6.45, 7) is 2.82. The zero-order valence-corrected chi connectivity index (χ0v) is 10.5. The number of fused-ring (bicyclic) bond motifs is 1. The van der Waals surface area contributed by atoms with Gasteiger partial charge in [0.2, 0.25) is 0 Å². The smallest absolute Gasteiger partial charge is 0.307 e. The Balaban J connectivity index is 1.85. The number of halogens is 1. The summed E-state index contributed by atoms with van der Waals surface area (Å²) < 4.78 is 17.9. The van der Waals surface area contributed by atoms with Crippen LogP contribution in [0.25, 0.3) is 0 Å². The first kappa shape index (κ1) is 13.0. The summed E-state index contributed by atoms with van der Waals surface area (Å²) in [6.07, 6.45) is 2.23. The van der Waals surface area contributed by atoms with Crippen LogP contribution in [-0.4, -0.2) is 19.1 Å². The van der Waals surface area contributed by atoms with Gasteiger partial charge >= 0.3 is 5.97 Å². The molecule has 3 nitrogen and oxygen atoms in total. The van der Waals surface area contributed by atoms with Crippen LogP contribution < -0.4 is 5.32 Å². The number of ether oxygens (including phenoxy) is 1. The van der Waals surface area contributed by atoms with Crippen LogP contribution >= 0.6 is 0 Å². The van der Waals surface area contributed by atoms with Gasteiger partial charge in [-0.1, -0.05) is 6.07 Å². The molecule has 2 rings (SSSR count). The van der Waals surface area contributed by atoms with E-state index in [0.29, 0.717) is 19.6 Å². The van der Waals surface area contributed by atoms with E-state index in [1.54, 1.807) is 13.0 Å². The number of benzene rings is 1. The first-order valence-corrected chi connectivity index (χ1v) is 6.38. The average Bonchev–Trinajstić information content (AvgIpc) is 2.72. The fraction of sp³-hybridized carbons (Fsp3) is 0.500. The number of rotatable bonds is 5. The molecule has 1 atom stereocenters. The molecule has 0 saturated heterocycles. The van der Waals surface area contributed by atoms with Crippen molar-refractivity contribution in [3.05, 3.63) is 35.1 Å². The summed E-state index contributed by atoms with van der Waals surface area (Å²) in [5, 5.41) is 3.32. The number of hydrogen-bond donors (Lipinski definition) is 1. The van der Waals surface area contributed by atoms with Gasteiger partial charge in [-0.3, -0.25) is 4.79 Å². The predicted octanol–water partition coefficient (Wildman–Crippen LogP) is 2.36. The SMILES string of the molecule is CCOC(=O)CCNC1CCc2cc(F)ccc21. The minimum absolute atomic E-state index is 0.178. The van der Waals surface area contributed by atoms with E-state index in [0.717, 1.165) is 24.0 Å². The number of aryl methyl sites for hydroxylation is 1. The Kier molecular flexibility index (Phi) is 4.31. The molecule has 0 saturated carbocycles. The fourth-order valence-corrected chi connectivity index (χ4v) is 2.38. The molecule has 0 heterocycles. The van der Waals surface area contributed by atoms with Gasteiger partial charge < -0.3 is 10.1 Å². The van der Waals surface area contributed by atoms with Crippen molar-refractivity contribution in [3.63, 3.8) is 0 Å². The normalized spacial score (nSPS) is 17.6. The molecule has 1 N–H and O–H groups in total. The summed E-state index contributed by atoms with van der Waals surface area (Å²) >= 11 is 0. The first-order chi connectivity index (χ1) is 8.70. The van der Waals surface area contributed by atoms with Gasteiger partial charge in [-0.15, -0.1) is 0 Å². The van der Waals surface area contributed by atoms with Crippen molar-refractivity contribution in [2.75, 3.05) is 13.2 Å². The number of carbonyl (C=O) groups excluding carboxylic acids is 1. The van der Waals surface area contributed by atoms with Crippen LogP contribution in [0.15, 0.2) is 18.2 Å². The zero-order chi connectivity index (χ0) is 13.0. The molecule has 18 heavy (non-hydrogen) atoms. The van der Waals surface area contributed by atoms with Gasteiger partial charge in [0.15, 0.2) is 0 Å². The highest BCUT2D eigenvalue weighted by Crippen LogP contribution is 2.31. The topological polar surface area (TPSA) is 38.3 Å². The third kappa shape index (κ3) is 3.07. The van der Waals surface area contributed by atoms with Gasteiger partial charge in [0.1, 0.15) is 5.82 Å². The highest BCUT2D eigenvalue weighted by molar-refractivity contribution is 5.69. The average molecular weight is 251 g/mol. The highest BCUT2D eigenvalue weighted by atomic mass is 19.1. The zero-order valence-electron chi connectivity index (χ0n) is 10.5. The Bertz CT molecular complexity index is 434.